The third-order valence-corrected chi connectivity index (χ3v) is 3.97. The molecule has 2 aromatic heterocycles. The number of aryl methyl sites for hydroxylation is 2. The molecule has 1 aliphatic heterocycles. The Morgan fingerprint density at radius 2 is 2.22 bits per heavy atom. The summed E-state index contributed by atoms with van der Waals surface area (Å²) in [6.07, 6.45) is 5.25. The van der Waals surface area contributed by atoms with Crippen LogP contribution in [0.25, 0.3) is 11.3 Å². The minimum absolute atomic E-state index is 0.451. The van der Waals surface area contributed by atoms with E-state index in [9.17, 15) is 0 Å². The number of hydrogen-bond donors (Lipinski definition) is 1. The van der Waals surface area contributed by atoms with Crippen LogP contribution in [-0.4, -0.2) is 19.3 Å². The van der Waals surface area contributed by atoms with Gasteiger partial charge in [0.05, 0.1) is 6.20 Å². The van der Waals surface area contributed by atoms with Gasteiger partial charge in [-0.1, -0.05) is 0 Å². The molecule has 0 radical (unpaired) electrons. The maximum atomic E-state index is 6.29. The highest BCUT2D eigenvalue weighted by atomic mass is 15.3. The van der Waals surface area contributed by atoms with Gasteiger partial charge in [-0.05, 0) is 26.7 Å². The molecule has 2 aromatic rings. The SMILES string of the molecule is Cc1c(-c2nc3n(c2N)C(C)CCC3)cnn1C. The lowest BCUT2D eigenvalue weighted by Crippen LogP contribution is -2.16. The molecule has 0 saturated heterocycles. The van der Waals surface area contributed by atoms with Crippen LogP contribution in [0.2, 0.25) is 0 Å². The first-order chi connectivity index (χ1) is 8.59. The van der Waals surface area contributed by atoms with Crippen LogP contribution in [0.4, 0.5) is 5.82 Å². The predicted octanol–water partition coefficient (Wildman–Crippen LogP) is 2.07. The van der Waals surface area contributed by atoms with Crippen molar-refractivity contribution in [1.82, 2.24) is 19.3 Å². The molecule has 0 fully saturated rings. The Labute approximate surface area is 107 Å². The van der Waals surface area contributed by atoms with Gasteiger partial charge in [0.15, 0.2) is 0 Å². The number of hydrogen-bond acceptors (Lipinski definition) is 3. The van der Waals surface area contributed by atoms with Crippen LogP contribution in [0, 0.1) is 6.92 Å². The Morgan fingerprint density at radius 3 is 2.83 bits per heavy atom. The van der Waals surface area contributed by atoms with E-state index in [1.807, 2.05) is 24.9 Å². The van der Waals surface area contributed by atoms with E-state index in [4.69, 9.17) is 10.7 Å². The van der Waals surface area contributed by atoms with Crippen molar-refractivity contribution >= 4 is 5.82 Å². The van der Waals surface area contributed by atoms with Crippen molar-refractivity contribution < 1.29 is 0 Å². The number of anilines is 1. The first kappa shape index (κ1) is 11.3. The Kier molecular flexibility index (Phi) is 2.43. The van der Waals surface area contributed by atoms with Gasteiger partial charge in [0, 0.05) is 30.8 Å². The van der Waals surface area contributed by atoms with Crippen LogP contribution in [0.1, 0.15) is 37.3 Å². The average molecular weight is 245 g/mol. The lowest BCUT2D eigenvalue weighted by atomic mass is 10.1. The number of imidazole rings is 1. The molecule has 1 aliphatic rings. The molecular weight excluding hydrogens is 226 g/mol. The van der Waals surface area contributed by atoms with Gasteiger partial charge in [-0.3, -0.25) is 4.68 Å². The molecule has 3 rings (SSSR count). The van der Waals surface area contributed by atoms with E-state index in [2.05, 4.69) is 16.6 Å². The van der Waals surface area contributed by atoms with Crippen LogP contribution in [0.5, 0.6) is 0 Å². The van der Waals surface area contributed by atoms with Crippen LogP contribution >= 0.6 is 0 Å². The largest absolute Gasteiger partial charge is 0.383 e. The number of nitrogen functional groups attached to an aromatic ring is 1. The van der Waals surface area contributed by atoms with Crippen LogP contribution in [0.15, 0.2) is 6.20 Å². The molecule has 1 unspecified atom stereocenters. The number of rotatable bonds is 1. The molecule has 96 valence electrons. The summed E-state index contributed by atoms with van der Waals surface area (Å²) in [6.45, 7) is 4.25. The number of aromatic nitrogens is 4. The maximum Gasteiger partial charge on any atom is 0.132 e. The van der Waals surface area contributed by atoms with Crippen LogP contribution in [0.3, 0.4) is 0 Å². The van der Waals surface area contributed by atoms with Crippen molar-refractivity contribution in [1.29, 1.82) is 0 Å². The average Bonchev–Trinajstić information content (AvgIpc) is 2.83. The monoisotopic (exact) mass is 245 g/mol. The van der Waals surface area contributed by atoms with Crippen LogP contribution in [-0.2, 0) is 13.5 Å². The van der Waals surface area contributed by atoms with E-state index in [1.165, 1.54) is 12.8 Å². The van der Waals surface area contributed by atoms with Gasteiger partial charge in [0.1, 0.15) is 17.3 Å². The van der Waals surface area contributed by atoms with Crippen molar-refractivity contribution in [2.24, 2.45) is 7.05 Å². The fourth-order valence-electron chi connectivity index (χ4n) is 2.78. The Hall–Kier alpha value is -1.78. The summed E-state index contributed by atoms with van der Waals surface area (Å²) in [6, 6.07) is 0.451. The lowest BCUT2D eigenvalue weighted by Gasteiger charge is -2.22. The highest BCUT2D eigenvalue weighted by Crippen LogP contribution is 2.34. The summed E-state index contributed by atoms with van der Waals surface area (Å²) < 4.78 is 4.04. The molecule has 1 atom stereocenters. The van der Waals surface area contributed by atoms with Gasteiger partial charge < -0.3 is 10.3 Å². The second-order valence-electron chi connectivity index (χ2n) is 5.14. The van der Waals surface area contributed by atoms with Crippen molar-refractivity contribution in [3.63, 3.8) is 0 Å². The summed E-state index contributed by atoms with van der Waals surface area (Å²) in [4.78, 5) is 4.73. The Balaban J connectivity index is 2.17. The second-order valence-corrected chi connectivity index (χ2v) is 5.14. The van der Waals surface area contributed by atoms with Gasteiger partial charge >= 0.3 is 0 Å². The molecule has 5 heteroatoms. The maximum absolute atomic E-state index is 6.29. The van der Waals surface area contributed by atoms with Crippen molar-refractivity contribution in [2.45, 2.75) is 39.2 Å². The van der Waals surface area contributed by atoms with Crippen LogP contribution < -0.4 is 5.73 Å². The molecule has 18 heavy (non-hydrogen) atoms. The van der Waals surface area contributed by atoms with E-state index in [1.54, 1.807) is 0 Å². The highest BCUT2D eigenvalue weighted by molar-refractivity contribution is 5.72. The molecule has 3 heterocycles. The van der Waals surface area contributed by atoms with Gasteiger partial charge in [0.2, 0.25) is 0 Å². The summed E-state index contributed by atoms with van der Waals surface area (Å²) >= 11 is 0. The first-order valence-corrected chi connectivity index (χ1v) is 6.45. The van der Waals surface area contributed by atoms with Crippen molar-refractivity contribution in [2.75, 3.05) is 5.73 Å². The van der Waals surface area contributed by atoms with E-state index >= 15 is 0 Å². The summed E-state index contributed by atoms with van der Waals surface area (Å²) in [7, 11) is 1.94. The zero-order chi connectivity index (χ0) is 12.9. The molecule has 2 N–H and O–H groups in total. The second kappa shape index (κ2) is 3.86. The van der Waals surface area contributed by atoms with Crippen molar-refractivity contribution in [3.8, 4) is 11.3 Å². The quantitative estimate of drug-likeness (QED) is 0.836. The topological polar surface area (TPSA) is 61.7 Å². The smallest absolute Gasteiger partial charge is 0.132 e. The van der Waals surface area contributed by atoms with Crippen molar-refractivity contribution in [3.05, 3.63) is 17.7 Å². The minimum atomic E-state index is 0.451. The molecule has 0 aliphatic carbocycles. The third-order valence-electron chi connectivity index (χ3n) is 3.97. The van der Waals surface area contributed by atoms with Gasteiger partial charge in [-0.2, -0.15) is 5.10 Å². The Morgan fingerprint density at radius 1 is 1.44 bits per heavy atom. The zero-order valence-electron chi connectivity index (χ0n) is 11.1. The molecule has 0 amide bonds. The molecule has 0 bridgehead atoms. The molecule has 5 nitrogen and oxygen atoms in total. The first-order valence-electron chi connectivity index (χ1n) is 6.45. The van der Waals surface area contributed by atoms with Gasteiger partial charge in [0.25, 0.3) is 0 Å². The lowest BCUT2D eigenvalue weighted by molar-refractivity contribution is 0.430. The minimum Gasteiger partial charge on any atom is -0.383 e. The zero-order valence-corrected chi connectivity index (χ0v) is 11.1. The van der Waals surface area contributed by atoms with Gasteiger partial charge in [-0.25, -0.2) is 4.98 Å². The summed E-state index contributed by atoms with van der Waals surface area (Å²) in [5.74, 6) is 1.90. The number of fused-ring (bicyclic) bond motifs is 1. The molecule has 0 saturated carbocycles. The fourth-order valence-corrected chi connectivity index (χ4v) is 2.78. The highest BCUT2D eigenvalue weighted by Gasteiger charge is 2.24. The predicted molar refractivity (Wildman–Crippen MR) is 71.2 cm³/mol. The number of nitrogens with zero attached hydrogens (tertiary/aromatic N) is 4. The van der Waals surface area contributed by atoms with E-state index in [0.29, 0.717) is 6.04 Å². The Bertz CT molecular complexity index is 593. The number of nitrogens with two attached hydrogens (primary N) is 1. The molecule has 0 spiro atoms. The standard InChI is InChI=1S/C13H19N5/c1-8-5-4-6-11-16-12(13(14)18(8)11)10-7-15-17(3)9(10)2/h7-8H,4-6,14H2,1-3H3. The van der Waals surface area contributed by atoms with E-state index in [0.717, 1.165) is 35.0 Å². The fraction of sp³-hybridized carbons (Fsp3) is 0.538. The normalized spacial score (nSPS) is 18.9. The van der Waals surface area contributed by atoms with E-state index in [-0.39, 0.29) is 0 Å². The third kappa shape index (κ3) is 1.46. The summed E-state index contributed by atoms with van der Waals surface area (Å²) in [5, 5.41) is 4.27. The van der Waals surface area contributed by atoms with Gasteiger partial charge in [-0.15, -0.1) is 0 Å². The molecular formula is C13H19N5. The summed E-state index contributed by atoms with van der Waals surface area (Å²) in [5.41, 5.74) is 9.33. The van der Waals surface area contributed by atoms with E-state index < -0.39 is 0 Å². The molecule has 0 aromatic carbocycles.